The number of anilines is 1. The second kappa shape index (κ2) is 10.6. The molecular weight excluding hydrogens is 472 g/mol. The van der Waals surface area contributed by atoms with Gasteiger partial charge in [0.15, 0.2) is 5.82 Å². The lowest BCUT2D eigenvalue weighted by atomic mass is 9.91. The van der Waals surface area contributed by atoms with E-state index in [1.807, 2.05) is 24.3 Å². The summed E-state index contributed by atoms with van der Waals surface area (Å²) in [6.07, 6.45) is 8.00. The lowest BCUT2D eigenvalue weighted by molar-refractivity contribution is -0.121. The predicted octanol–water partition coefficient (Wildman–Crippen LogP) is 2.18. The molecule has 0 bridgehead atoms. The standard InChI is InChI=1S/C26H28N8O3/c1-37-23-12-16(9-11-29-23)21-14-20(24-25(27)30-15-31-34(21)24)26(36)33-18-7-5-17(6-8-18)32-22(35)13-19-4-2-3-10-28-19/h2-4,9-12,14-15,17-18H,5-8,13H2,1H3,(H,32,35)(H,33,36)(H2,27,30,31)/t17-,18-. The Labute approximate surface area is 213 Å². The predicted molar refractivity (Wildman–Crippen MR) is 137 cm³/mol. The summed E-state index contributed by atoms with van der Waals surface area (Å²) in [5.41, 5.74) is 9.20. The fraction of sp³-hybridized carbons (Fsp3) is 0.308. The minimum absolute atomic E-state index is 0.0123. The SMILES string of the molecule is COc1cc(-c2cc(C(=O)N[C@H]3CC[C@H](NC(=O)Cc4ccccn4)CC3)c3c(N)ncnn23)ccn1. The van der Waals surface area contributed by atoms with Gasteiger partial charge in [0.05, 0.1) is 24.8 Å². The number of hydrogen-bond acceptors (Lipinski definition) is 8. The fourth-order valence-electron chi connectivity index (χ4n) is 4.72. The van der Waals surface area contributed by atoms with Crippen molar-refractivity contribution in [3.8, 4) is 17.1 Å². The third kappa shape index (κ3) is 5.35. The van der Waals surface area contributed by atoms with Gasteiger partial charge in [-0.05, 0) is 49.9 Å². The molecule has 1 aliphatic rings. The van der Waals surface area contributed by atoms with Crippen molar-refractivity contribution in [1.29, 1.82) is 0 Å². The number of hydrogen-bond donors (Lipinski definition) is 3. The molecule has 5 rings (SSSR count). The van der Waals surface area contributed by atoms with Gasteiger partial charge < -0.3 is 21.1 Å². The lowest BCUT2D eigenvalue weighted by Gasteiger charge is -2.29. The molecule has 11 heteroatoms. The first-order chi connectivity index (χ1) is 18.0. The molecule has 0 radical (unpaired) electrons. The molecule has 4 N–H and O–H groups in total. The second-order valence-electron chi connectivity index (χ2n) is 9.02. The van der Waals surface area contributed by atoms with Gasteiger partial charge in [0.1, 0.15) is 11.8 Å². The maximum Gasteiger partial charge on any atom is 0.253 e. The van der Waals surface area contributed by atoms with Crippen LogP contribution < -0.4 is 21.1 Å². The van der Waals surface area contributed by atoms with Gasteiger partial charge in [0, 0.05) is 41.8 Å². The van der Waals surface area contributed by atoms with Crippen LogP contribution in [0.25, 0.3) is 16.8 Å². The van der Waals surface area contributed by atoms with Crippen LogP contribution in [0.1, 0.15) is 41.7 Å². The molecule has 0 atom stereocenters. The maximum atomic E-state index is 13.4. The first kappa shape index (κ1) is 24.2. The number of nitrogens with two attached hydrogens (primary N) is 1. The van der Waals surface area contributed by atoms with E-state index >= 15 is 0 Å². The van der Waals surface area contributed by atoms with Crippen LogP contribution in [0.15, 0.2) is 55.1 Å². The zero-order valence-corrected chi connectivity index (χ0v) is 20.4. The Morgan fingerprint density at radius 3 is 2.54 bits per heavy atom. The van der Waals surface area contributed by atoms with Crippen molar-refractivity contribution >= 4 is 23.1 Å². The number of ether oxygens (including phenoxy) is 1. The van der Waals surface area contributed by atoms with Crippen molar-refractivity contribution in [1.82, 2.24) is 35.2 Å². The molecule has 4 aromatic heterocycles. The van der Waals surface area contributed by atoms with Crippen LogP contribution in [0.4, 0.5) is 5.82 Å². The molecule has 0 aliphatic heterocycles. The quantitative estimate of drug-likeness (QED) is 0.349. The number of fused-ring (bicyclic) bond motifs is 1. The summed E-state index contributed by atoms with van der Waals surface area (Å²) >= 11 is 0. The number of aromatic nitrogens is 5. The number of nitrogens with zero attached hydrogens (tertiary/aromatic N) is 5. The summed E-state index contributed by atoms with van der Waals surface area (Å²) in [6, 6.07) is 10.9. The number of carbonyl (C=O) groups excluding carboxylic acids is 2. The van der Waals surface area contributed by atoms with Crippen LogP contribution in [0.3, 0.4) is 0 Å². The van der Waals surface area contributed by atoms with Crippen LogP contribution in [-0.4, -0.2) is 55.6 Å². The van der Waals surface area contributed by atoms with Crippen LogP contribution >= 0.6 is 0 Å². The minimum atomic E-state index is -0.242. The first-order valence-electron chi connectivity index (χ1n) is 12.1. The van der Waals surface area contributed by atoms with Crippen LogP contribution in [0.5, 0.6) is 5.88 Å². The maximum absolute atomic E-state index is 13.4. The Balaban J connectivity index is 1.25. The van der Waals surface area contributed by atoms with Crippen molar-refractivity contribution in [3.63, 3.8) is 0 Å². The highest BCUT2D eigenvalue weighted by Gasteiger charge is 2.26. The highest BCUT2D eigenvalue weighted by Crippen LogP contribution is 2.29. The summed E-state index contributed by atoms with van der Waals surface area (Å²) in [5, 5.41) is 10.6. The molecule has 0 unspecified atom stereocenters. The molecular formula is C26H28N8O3. The topological polar surface area (TPSA) is 149 Å². The Bertz CT molecular complexity index is 1410. The van der Waals surface area contributed by atoms with Gasteiger partial charge in [-0.2, -0.15) is 5.10 Å². The lowest BCUT2D eigenvalue weighted by Crippen LogP contribution is -2.44. The molecule has 0 spiro atoms. The summed E-state index contributed by atoms with van der Waals surface area (Å²) in [6.45, 7) is 0. The Morgan fingerprint density at radius 1 is 1.03 bits per heavy atom. The summed E-state index contributed by atoms with van der Waals surface area (Å²) < 4.78 is 6.85. The highest BCUT2D eigenvalue weighted by atomic mass is 16.5. The van der Waals surface area contributed by atoms with Crippen LogP contribution in [0, 0.1) is 0 Å². The van der Waals surface area contributed by atoms with E-state index in [0.29, 0.717) is 22.7 Å². The van der Waals surface area contributed by atoms with Crippen LogP contribution in [-0.2, 0) is 11.2 Å². The molecule has 1 fully saturated rings. The fourth-order valence-corrected chi connectivity index (χ4v) is 4.72. The summed E-state index contributed by atoms with van der Waals surface area (Å²) in [4.78, 5) is 38.2. The van der Waals surface area contributed by atoms with Crippen molar-refractivity contribution in [2.75, 3.05) is 12.8 Å². The normalized spacial score (nSPS) is 17.3. The van der Waals surface area contributed by atoms with Gasteiger partial charge in [0.2, 0.25) is 11.8 Å². The van der Waals surface area contributed by atoms with E-state index in [1.54, 1.807) is 36.2 Å². The molecule has 11 nitrogen and oxygen atoms in total. The van der Waals surface area contributed by atoms with E-state index in [9.17, 15) is 9.59 Å². The third-order valence-corrected chi connectivity index (χ3v) is 6.56. The van der Waals surface area contributed by atoms with Crippen molar-refractivity contribution in [3.05, 3.63) is 66.4 Å². The third-order valence-electron chi connectivity index (χ3n) is 6.56. The number of methoxy groups -OCH3 is 1. The molecule has 1 aliphatic carbocycles. The van der Waals surface area contributed by atoms with Gasteiger partial charge in [-0.3, -0.25) is 14.6 Å². The van der Waals surface area contributed by atoms with Crippen molar-refractivity contribution in [2.45, 2.75) is 44.2 Å². The number of nitrogen functional groups attached to an aromatic ring is 1. The monoisotopic (exact) mass is 500 g/mol. The Hall–Kier alpha value is -4.54. The first-order valence-corrected chi connectivity index (χ1v) is 12.1. The number of nitrogens with one attached hydrogen (secondary N) is 2. The van der Waals surface area contributed by atoms with Crippen molar-refractivity contribution in [2.24, 2.45) is 0 Å². The molecule has 190 valence electrons. The Kier molecular flexibility index (Phi) is 6.93. The Morgan fingerprint density at radius 2 is 1.81 bits per heavy atom. The molecule has 1 saturated carbocycles. The number of carbonyl (C=O) groups is 2. The van der Waals surface area contributed by atoms with E-state index in [2.05, 4.69) is 30.7 Å². The van der Waals surface area contributed by atoms with Crippen LogP contribution in [0.2, 0.25) is 0 Å². The van der Waals surface area contributed by atoms with Gasteiger partial charge in [-0.15, -0.1) is 0 Å². The number of pyridine rings is 2. The van der Waals surface area contributed by atoms with Crippen molar-refractivity contribution < 1.29 is 14.3 Å². The molecule has 0 saturated heterocycles. The average molecular weight is 501 g/mol. The van der Waals surface area contributed by atoms with Gasteiger partial charge >= 0.3 is 0 Å². The molecule has 37 heavy (non-hydrogen) atoms. The average Bonchev–Trinajstić information content (AvgIpc) is 3.32. The summed E-state index contributed by atoms with van der Waals surface area (Å²) in [7, 11) is 1.54. The van der Waals surface area contributed by atoms with E-state index in [0.717, 1.165) is 36.9 Å². The smallest absolute Gasteiger partial charge is 0.253 e. The van der Waals surface area contributed by atoms with Gasteiger partial charge in [0.25, 0.3) is 5.91 Å². The number of amides is 2. The van der Waals surface area contributed by atoms with Gasteiger partial charge in [-0.1, -0.05) is 6.07 Å². The second-order valence-corrected chi connectivity index (χ2v) is 9.02. The number of rotatable bonds is 7. The highest BCUT2D eigenvalue weighted by molar-refractivity contribution is 6.05. The van der Waals surface area contributed by atoms with E-state index in [1.165, 1.54) is 6.33 Å². The largest absolute Gasteiger partial charge is 0.481 e. The zero-order valence-electron chi connectivity index (χ0n) is 20.4. The van der Waals surface area contributed by atoms with E-state index < -0.39 is 0 Å². The molecule has 4 heterocycles. The van der Waals surface area contributed by atoms with E-state index in [-0.39, 0.29) is 36.1 Å². The minimum Gasteiger partial charge on any atom is -0.481 e. The van der Waals surface area contributed by atoms with Gasteiger partial charge in [-0.25, -0.2) is 14.5 Å². The molecule has 4 aromatic rings. The summed E-state index contributed by atoms with van der Waals surface area (Å²) in [5.74, 6) is 0.382. The zero-order chi connectivity index (χ0) is 25.8. The molecule has 2 amide bonds. The molecule has 0 aromatic carbocycles. The van der Waals surface area contributed by atoms with E-state index in [4.69, 9.17) is 10.5 Å².